The van der Waals surface area contributed by atoms with E-state index >= 15 is 0 Å². The van der Waals surface area contributed by atoms with Gasteiger partial charge in [0.15, 0.2) is 0 Å². The summed E-state index contributed by atoms with van der Waals surface area (Å²) in [5.74, 6) is 0.833. The van der Waals surface area contributed by atoms with Crippen molar-refractivity contribution < 1.29 is 0 Å². The molecular formula is C27H60. The van der Waals surface area contributed by atoms with Crippen LogP contribution in [0.5, 0.6) is 0 Å². The van der Waals surface area contributed by atoms with Gasteiger partial charge in [-0.1, -0.05) is 129 Å². The summed E-state index contributed by atoms with van der Waals surface area (Å²) in [5.41, 5.74) is 1.93. The van der Waals surface area contributed by atoms with Crippen molar-refractivity contribution >= 4 is 0 Å². The van der Waals surface area contributed by atoms with Gasteiger partial charge >= 0.3 is 0 Å². The first-order valence-corrected chi connectivity index (χ1v) is 9.42. The van der Waals surface area contributed by atoms with E-state index in [1.165, 1.54) is 24.8 Å². The topological polar surface area (TPSA) is 0 Å². The molecule has 0 aromatic carbocycles. The Hall–Kier alpha value is -1.04. The van der Waals surface area contributed by atoms with Crippen molar-refractivity contribution in [2.75, 3.05) is 0 Å². The van der Waals surface area contributed by atoms with Crippen molar-refractivity contribution in [2.24, 2.45) is 16.7 Å². The van der Waals surface area contributed by atoms with Crippen LogP contribution in [0.4, 0.5) is 0 Å². The van der Waals surface area contributed by atoms with Gasteiger partial charge in [0.1, 0.15) is 0 Å². The number of allylic oxidation sites excluding steroid dienone is 4. The molecule has 0 aliphatic rings. The average Bonchev–Trinajstić information content (AvgIpc) is 2.46. The summed E-state index contributed by atoms with van der Waals surface area (Å²) in [6.45, 7) is 35.6. The van der Waals surface area contributed by atoms with Crippen LogP contribution < -0.4 is 0 Å². The molecule has 0 rings (SSSR count). The smallest absolute Gasteiger partial charge is 0.0104 e. The second kappa shape index (κ2) is 27.2. The van der Waals surface area contributed by atoms with Crippen molar-refractivity contribution in [1.29, 1.82) is 0 Å². The first-order chi connectivity index (χ1) is 11.0. The lowest BCUT2D eigenvalue weighted by Crippen LogP contribution is -2.15. The van der Waals surface area contributed by atoms with Gasteiger partial charge in [0.25, 0.3) is 0 Å². The van der Waals surface area contributed by atoms with Gasteiger partial charge in [-0.15, -0.1) is 13.2 Å². The molecule has 0 bridgehead atoms. The molecule has 0 aromatic rings. The molecule has 0 fully saturated rings. The van der Waals surface area contributed by atoms with Gasteiger partial charge in [-0.2, -0.15) is 0 Å². The van der Waals surface area contributed by atoms with Crippen LogP contribution in [-0.2, 0) is 0 Å². The molecule has 27 heavy (non-hydrogen) atoms. The highest BCUT2D eigenvalue weighted by molar-refractivity contribution is 5.27. The van der Waals surface area contributed by atoms with Gasteiger partial charge < -0.3 is 0 Å². The minimum absolute atomic E-state index is 0. The van der Waals surface area contributed by atoms with E-state index in [4.69, 9.17) is 0 Å². The number of rotatable bonds is 6. The zero-order valence-corrected chi connectivity index (χ0v) is 18.8. The first kappa shape index (κ1) is 45.0. The Morgan fingerprint density at radius 3 is 1.37 bits per heavy atom. The molecule has 0 heterocycles. The normalized spacial score (nSPS) is 9.81. The highest BCUT2D eigenvalue weighted by atomic mass is 14.3. The van der Waals surface area contributed by atoms with Crippen molar-refractivity contribution in [3.05, 3.63) is 50.1 Å². The summed E-state index contributed by atoms with van der Waals surface area (Å²) < 4.78 is 0. The molecule has 0 unspecified atom stereocenters. The zero-order chi connectivity index (χ0) is 20.4. The van der Waals surface area contributed by atoms with E-state index in [2.05, 4.69) is 87.8 Å². The van der Waals surface area contributed by atoms with Crippen LogP contribution in [0, 0.1) is 16.7 Å². The molecule has 0 heteroatoms. The van der Waals surface area contributed by atoms with E-state index in [1.54, 1.807) is 0 Å². The second-order valence-electron chi connectivity index (χ2n) is 8.09. The Morgan fingerprint density at radius 1 is 0.815 bits per heavy atom. The SMILES string of the molecule is C.C.C.C=C.C=C/C=C(\C=C)C(C)(C)CCCC(C)(C)C.CC.CC(C)C. The maximum absolute atomic E-state index is 3.89. The maximum Gasteiger partial charge on any atom is -0.0104 e. The van der Waals surface area contributed by atoms with Crippen LogP contribution in [0.25, 0.3) is 0 Å². The van der Waals surface area contributed by atoms with E-state index in [0.717, 1.165) is 5.92 Å². The molecule has 0 N–H and O–H groups in total. The predicted molar refractivity (Wildman–Crippen MR) is 139 cm³/mol. The summed E-state index contributed by atoms with van der Waals surface area (Å²) in [5, 5.41) is 0. The quantitative estimate of drug-likeness (QED) is 0.315. The molecule has 0 saturated heterocycles. The van der Waals surface area contributed by atoms with Gasteiger partial charge in [-0.3, -0.25) is 0 Å². The first-order valence-electron chi connectivity index (χ1n) is 9.42. The standard InChI is InChI=1S/C16H28.C4H10.C2H6.C2H4.3CH4/c1-8-11-14(9-2)16(6,7)13-10-12-15(3,4)5;1-4(2)3;2*1-2;;;/h8-9,11H,1-2,10,12-13H2,3-7H3;4H,1-3H3;1-2H3;1-2H2;3*1H4/b14-11+;;;;;;. The third-order valence-electron chi connectivity index (χ3n) is 3.03. The lowest BCUT2D eigenvalue weighted by Gasteiger charge is -2.28. The fourth-order valence-electron chi connectivity index (χ4n) is 1.90. The molecule has 0 spiro atoms. The summed E-state index contributed by atoms with van der Waals surface area (Å²) in [6, 6.07) is 0. The van der Waals surface area contributed by atoms with Crippen LogP contribution in [0.1, 0.15) is 111 Å². The van der Waals surface area contributed by atoms with Crippen molar-refractivity contribution in [1.82, 2.24) is 0 Å². The molecule has 0 aliphatic heterocycles. The number of hydrogen-bond acceptors (Lipinski definition) is 0. The minimum Gasteiger partial charge on any atom is -0.106 e. The monoisotopic (exact) mass is 384 g/mol. The Kier molecular flexibility index (Phi) is 45.3. The lowest BCUT2D eigenvalue weighted by molar-refractivity contribution is 0.316. The van der Waals surface area contributed by atoms with E-state index in [9.17, 15) is 0 Å². The summed E-state index contributed by atoms with van der Waals surface area (Å²) in [4.78, 5) is 0. The molecule has 0 radical (unpaired) electrons. The molecule has 0 aliphatic carbocycles. The molecule has 0 amide bonds. The molecule has 168 valence electrons. The van der Waals surface area contributed by atoms with Crippen LogP contribution in [0.3, 0.4) is 0 Å². The fourth-order valence-corrected chi connectivity index (χ4v) is 1.90. The molecule has 0 aromatic heterocycles. The van der Waals surface area contributed by atoms with Crippen LogP contribution in [0.2, 0.25) is 0 Å². The van der Waals surface area contributed by atoms with Crippen molar-refractivity contribution in [2.45, 2.75) is 111 Å². The van der Waals surface area contributed by atoms with Gasteiger partial charge in [-0.05, 0) is 35.2 Å². The van der Waals surface area contributed by atoms with Crippen LogP contribution in [-0.4, -0.2) is 0 Å². The molecule has 0 saturated carbocycles. The van der Waals surface area contributed by atoms with Gasteiger partial charge in [0.05, 0.1) is 0 Å². The van der Waals surface area contributed by atoms with E-state index in [1.807, 2.05) is 26.0 Å². The van der Waals surface area contributed by atoms with Gasteiger partial charge in [-0.25, -0.2) is 0 Å². The van der Waals surface area contributed by atoms with Crippen molar-refractivity contribution in [3.8, 4) is 0 Å². The minimum atomic E-state index is 0. The zero-order valence-electron chi connectivity index (χ0n) is 18.8. The van der Waals surface area contributed by atoms with Crippen LogP contribution in [0.15, 0.2) is 50.1 Å². The summed E-state index contributed by atoms with van der Waals surface area (Å²) >= 11 is 0. The Bertz CT molecular complexity index is 305. The van der Waals surface area contributed by atoms with Crippen LogP contribution >= 0.6 is 0 Å². The molecule has 0 atom stereocenters. The molecule has 0 nitrogen and oxygen atoms in total. The maximum atomic E-state index is 3.89. The average molecular weight is 385 g/mol. The third kappa shape index (κ3) is 40.8. The van der Waals surface area contributed by atoms with Gasteiger partial charge in [0, 0.05) is 0 Å². The van der Waals surface area contributed by atoms with E-state index < -0.39 is 0 Å². The lowest BCUT2D eigenvalue weighted by atomic mass is 9.77. The fraction of sp³-hybridized carbons (Fsp3) is 0.704. The highest BCUT2D eigenvalue weighted by Gasteiger charge is 2.21. The summed E-state index contributed by atoms with van der Waals surface area (Å²) in [7, 11) is 0. The summed E-state index contributed by atoms with van der Waals surface area (Å²) in [6.07, 6.45) is 9.62. The third-order valence-corrected chi connectivity index (χ3v) is 3.03. The van der Waals surface area contributed by atoms with Crippen molar-refractivity contribution in [3.63, 3.8) is 0 Å². The van der Waals surface area contributed by atoms with E-state index in [0.29, 0.717) is 5.41 Å². The Labute approximate surface area is 178 Å². The largest absolute Gasteiger partial charge is 0.106 e. The highest BCUT2D eigenvalue weighted by Crippen LogP contribution is 2.35. The number of hydrogen-bond donors (Lipinski definition) is 0. The Morgan fingerprint density at radius 2 is 1.15 bits per heavy atom. The predicted octanol–water partition coefficient (Wildman–Crippen LogP) is 10.9. The molecular weight excluding hydrogens is 324 g/mol. The van der Waals surface area contributed by atoms with Gasteiger partial charge in [0.2, 0.25) is 0 Å². The Balaban J connectivity index is -0.0000000630. The second-order valence-corrected chi connectivity index (χ2v) is 8.09. The van der Waals surface area contributed by atoms with E-state index in [-0.39, 0.29) is 27.7 Å².